The van der Waals surface area contributed by atoms with Gasteiger partial charge in [0.25, 0.3) is 0 Å². The molecule has 5 nitrogen and oxygen atoms in total. The summed E-state index contributed by atoms with van der Waals surface area (Å²) in [6.45, 7) is 0.780. The molecule has 0 spiro atoms. The molecule has 0 bridgehead atoms. The van der Waals surface area contributed by atoms with E-state index in [9.17, 15) is 13.6 Å². The second-order valence-corrected chi connectivity index (χ2v) is 5.53. The summed E-state index contributed by atoms with van der Waals surface area (Å²) in [6.07, 6.45) is 2.24. The predicted octanol–water partition coefficient (Wildman–Crippen LogP) is 2.32. The van der Waals surface area contributed by atoms with Gasteiger partial charge in [-0.3, -0.25) is 4.79 Å². The van der Waals surface area contributed by atoms with Gasteiger partial charge in [-0.1, -0.05) is 11.2 Å². The molecule has 2 heterocycles. The fourth-order valence-corrected chi connectivity index (χ4v) is 2.86. The Morgan fingerprint density at radius 2 is 2.04 bits per heavy atom. The van der Waals surface area contributed by atoms with Crippen LogP contribution in [-0.2, 0) is 21.5 Å². The Morgan fingerprint density at radius 3 is 2.70 bits per heavy atom. The van der Waals surface area contributed by atoms with Crippen LogP contribution in [0.25, 0.3) is 0 Å². The van der Waals surface area contributed by atoms with Gasteiger partial charge in [-0.15, -0.1) is 0 Å². The number of benzene rings is 1. The van der Waals surface area contributed by atoms with Gasteiger partial charge in [0.2, 0.25) is 5.91 Å². The molecule has 1 amide bonds. The molecule has 1 saturated heterocycles. The van der Waals surface area contributed by atoms with Crippen LogP contribution < -0.4 is 5.32 Å². The van der Waals surface area contributed by atoms with Crippen LogP contribution in [0, 0.1) is 11.6 Å². The van der Waals surface area contributed by atoms with Gasteiger partial charge in [0.15, 0.2) is 0 Å². The van der Waals surface area contributed by atoms with Crippen LogP contribution in [0.1, 0.15) is 24.1 Å². The number of carbonyl (C=O) groups excluding carboxylic acids is 1. The number of rotatable bonds is 4. The highest BCUT2D eigenvalue weighted by Gasteiger charge is 2.38. The van der Waals surface area contributed by atoms with E-state index in [0.717, 1.165) is 6.07 Å². The van der Waals surface area contributed by atoms with Crippen molar-refractivity contribution < 1.29 is 22.8 Å². The molecule has 7 heteroatoms. The van der Waals surface area contributed by atoms with Crippen molar-refractivity contribution in [1.29, 1.82) is 0 Å². The largest absolute Gasteiger partial charge is 0.381 e. The minimum absolute atomic E-state index is 0.0297. The van der Waals surface area contributed by atoms with Crippen molar-refractivity contribution in [2.45, 2.75) is 24.8 Å². The van der Waals surface area contributed by atoms with Crippen molar-refractivity contribution in [2.24, 2.45) is 0 Å². The molecular weight excluding hydrogens is 306 g/mol. The fraction of sp³-hybridized carbons (Fsp3) is 0.375. The molecule has 3 rings (SSSR count). The Labute approximate surface area is 131 Å². The lowest BCUT2D eigenvalue weighted by atomic mass is 9.82. The molecule has 0 saturated carbocycles. The van der Waals surface area contributed by atoms with E-state index in [1.54, 1.807) is 6.07 Å². The van der Waals surface area contributed by atoms with Crippen molar-refractivity contribution in [3.8, 4) is 0 Å². The standard InChI is InChI=1S/C16H16F2N2O3/c17-11-1-2-13(14(18)9-11)16(4-7-22-8-5-16)19-15(21)10-12-3-6-23-20-12/h1-3,6,9H,4-5,7-8,10H2,(H,19,21). The molecule has 1 fully saturated rings. The third-order valence-electron chi connectivity index (χ3n) is 4.00. The highest BCUT2D eigenvalue weighted by molar-refractivity contribution is 5.79. The molecule has 1 N–H and O–H groups in total. The Balaban J connectivity index is 1.85. The average Bonchev–Trinajstić information content (AvgIpc) is 3.00. The monoisotopic (exact) mass is 322 g/mol. The minimum atomic E-state index is -0.906. The summed E-state index contributed by atoms with van der Waals surface area (Å²) in [5.74, 6) is -1.62. The van der Waals surface area contributed by atoms with Crippen LogP contribution >= 0.6 is 0 Å². The Kier molecular flexibility index (Phi) is 4.38. The Hall–Kier alpha value is -2.28. The Morgan fingerprint density at radius 1 is 1.26 bits per heavy atom. The number of nitrogens with one attached hydrogen (secondary N) is 1. The molecular formula is C16H16F2N2O3. The lowest BCUT2D eigenvalue weighted by Gasteiger charge is -2.38. The summed E-state index contributed by atoms with van der Waals surface area (Å²) in [5.41, 5.74) is -0.142. The first-order valence-electron chi connectivity index (χ1n) is 7.33. The maximum absolute atomic E-state index is 14.2. The highest BCUT2D eigenvalue weighted by Crippen LogP contribution is 2.34. The van der Waals surface area contributed by atoms with Crippen LogP contribution in [0.15, 0.2) is 35.1 Å². The maximum Gasteiger partial charge on any atom is 0.226 e. The summed E-state index contributed by atoms with van der Waals surface area (Å²) in [5, 5.41) is 6.57. The molecule has 0 atom stereocenters. The van der Waals surface area contributed by atoms with Crippen LogP contribution in [0.5, 0.6) is 0 Å². The first-order chi connectivity index (χ1) is 11.1. The van der Waals surface area contributed by atoms with Gasteiger partial charge < -0.3 is 14.6 Å². The van der Waals surface area contributed by atoms with E-state index >= 15 is 0 Å². The molecule has 1 aromatic heterocycles. The zero-order chi connectivity index (χ0) is 16.3. The van der Waals surface area contributed by atoms with E-state index in [0.29, 0.717) is 31.7 Å². The lowest BCUT2D eigenvalue weighted by Crippen LogP contribution is -2.50. The minimum Gasteiger partial charge on any atom is -0.381 e. The molecule has 2 aromatic rings. The second-order valence-electron chi connectivity index (χ2n) is 5.53. The normalized spacial score (nSPS) is 17.0. The quantitative estimate of drug-likeness (QED) is 0.938. The highest BCUT2D eigenvalue weighted by atomic mass is 19.1. The number of nitrogens with zero attached hydrogens (tertiary/aromatic N) is 1. The van der Waals surface area contributed by atoms with Crippen LogP contribution in [-0.4, -0.2) is 24.3 Å². The van der Waals surface area contributed by atoms with E-state index in [1.807, 2.05) is 0 Å². The molecule has 1 aliphatic rings. The summed E-state index contributed by atoms with van der Waals surface area (Å²) in [6, 6.07) is 5.00. The van der Waals surface area contributed by atoms with Gasteiger partial charge in [0.1, 0.15) is 17.9 Å². The molecule has 1 aromatic carbocycles. The summed E-state index contributed by atoms with van der Waals surface area (Å²) in [7, 11) is 0. The predicted molar refractivity (Wildman–Crippen MR) is 76.4 cm³/mol. The van der Waals surface area contributed by atoms with Crippen molar-refractivity contribution in [3.05, 3.63) is 53.4 Å². The van der Waals surface area contributed by atoms with Gasteiger partial charge in [0.05, 0.1) is 17.7 Å². The van der Waals surface area contributed by atoms with Crippen molar-refractivity contribution in [2.75, 3.05) is 13.2 Å². The third-order valence-corrected chi connectivity index (χ3v) is 4.00. The molecule has 122 valence electrons. The van der Waals surface area contributed by atoms with E-state index in [1.165, 1.54) is 18.4 Å². The average molecular weight is 322 g/mol. The molecule has 0 radical (unpaired) electrons. The van der Waals surface area contributed by atoms with Crippen LogP contribution in [0.3, 0.4) is 0 Å². The van der Waals surface area contributed by atoms with Gasteiger partial charge in [-0.2, -0.15) is 0 Å². The first kappa shape index (κ1) is 15.6. The van der Waals surface area contributed by atoms with Crippen molar-refractivity contribution in [1.82, 2.24) is 10.5 Å². The van der Waals surface area contributed by atoms with E-state index in [2.05, 4.69) is 10.5 Å². The number of halogens is 2. The SMILES string of the molecule is O=C(Cc1ccon1)NC1(c2ccc(F)cc2F)CCOCC1. The number of hydrogen-bond donors (Lipinski definition) is 1. The Bertz CT molecular complexity index is 683. The van der Waals surface area contributed by atoms with Gasteiger partial charge in [0, 0.05) is 30.9 Å². The third kappa shape index (κ3) is 3.39. The number of amides is 1. The topological polar surface area (TPSA) is 64.4 Å². The summed E-state index contributed by atoms with van der Waals surface area (Å²) < 4.78 is 37.4. The van der Waals surface area contributed by atoms with Gasteiger partial charge in [-0.05, 0) is 18.9 Å². The van der Waals surface area contributed by atoms with E-state index in [4.69, 9.17) is 9.26 Å². The van der Waals surface area contributed by atoms with E-state index < -0.39 is 17.2 Å². The number of carbonyl (C=O) groups is 1. The first-order valence-corrected chi connectivity index (χ1v) is 7.33. The number of ether oxygens (including phenoxy) is 1. The van der Waals surface area contributed by atoms with Crippen molar-refractivity contribution in [3.63, 3.8) is 0 Å². The summed E-state index contributed by atoms with van der Waals surface area (Å²) in [4.78, 5) is 12.3. The van der Waals surface area contributed by atoms with Crippen molar-refractivity contribution >= 4 is 5.91 Å². The van der Waals surface area contributed by atoms with Gasteiger partial charge in [-0.25, -0.2) is 8.78 Å². The van der Waals surface area contributed by atoms with Crippen LogP contribution in [0.4, 0.5) is 8.78 Å². The molecule has 0 unspecified atom stereocenters. The molecule has 23 heavy (non-hydrogen) atoms. The van der Waals surface area contributed by atoms with E-state index in [-0.39, 0.29) is 17.9 Å². The number of hydrogen-bond acceptors (Lipinski definition) is 4. The lowest BCUT2D eigenvalue weighted by molar-refractivity contribution is -0.124. The van der Waals surface area contributed by atoms with Gasteiger partial charge >= 0.3 is 0 Å². The fourth-order valence-electron chi connectivity index (χ4n) is 2.86. The molecule has 0 aliphatic carbocycles. The summed E-state index contributed by atoms with van der Waals surface area (Å²) >= 11 is 0. The molecule has 1 aliphatic heterocycles. The smallest absolute Gasteiger partial charge is 0.226 e. The number of aromatic nitrogens is 1. The zero-order valence-electron chi connectivity index (χ0n) is 12.4. The second kappa shape index (κ2) is 6.45. The van der Waals surface area contributed by atoms with Crippen LogP contribution in [0.2, 0.25) is 0 Å². The maximum atomic E-state index is 14.2. The zero-order valence-corrected chi connectivity index (χ0v) is 12.4.